The van der Waals surface area contributed by atoms with E-state index in [0.717, 1.165) is 25.6 Å². The summed E-state index contributed by atoms with van der Waals surface area (Å²) in [5, 5.41) is 0. The van der Waals surface area contributed by atoms with Gasteiger partial charge in [0, 0.05) is 25.2 Å². The first kappa shape index (κ1) is 11.4. The van der Waals surface area contributed by atoms with Gasteiger partial charge >= 0.3 is 0 Å². The normalized spacial score (nSPS) is 39.2. The number of nitrogens with two attached hydrogens (primary N) is 1. The van der Waals surface area contributed by atoms with E-state index in [1.165, 1.54) is 32.4 Å². The van der Waals surface area contributed by atoms with Gasteiger partial charge in [0.15, 0.2) is 0 Å². The minimum Gasteiger partial charge on any atom is -0.380 e. The summed E-state index contributed by atoms with van der Waals surface area (Å²) >= 11 is 0. The van der Waals surface area contributed by atoms with E-state index >= 15 is 0 Å². The Hall–Kier alpha value is -0.120. The molecule has 2 aliphatic heterocycles. The summed E-state index contributed by atoms with van der Waals surface area (Å²) in [6, 6.07) is 0.808. The number of nitrogens with zero attached hydrogens (tertiary/aromatic N) is 1. The van der Waals surface area contributed by atoms with Gasteiger partial charge in [-0.15, -0.1) is 0 Å². The third-order valence-electron chi connectivity index (χ3n) is 3.98. The molecule has 3 heteroatoms. The van der Waals surface area contributed by atoms with Crippen LogP contribution in [0.5, 0.6) is 0 Å². The van der Waals surface area contributed by atoms with Crippen molar-refractivity contribution in [2.24, 2.45) is 11.7 Å². The van der Waals surface area contributed by atoms with Crippen molar-refractivity contribution in [2.75, 3.05) is 26.3 Å². The van der Waals surface area contributed by atoms with Crippen LogP contribution in [0.2, 0.25) is 0 Å². The quantitative estimate of drug-likeness (QED) is 0.748. The van der Waals surface area contributed by atoms with Gasteiger partial charge in [0.2, 0.25) is 0 Å². The summed E-state index contributed by atoms with van der Waals surface area (Å²) in [4.78, 5) is 2.57. The highest BCUT2D eigenvalue weighted by Gasteiger charge is 2.31. The van der Waals surface area contributed by atoms with Crippen molar-refractivity contribution in [2.45, 2.75) is 44.7 Å². The summed E-state index contributed by atoms with van der Waals surface area (Å²) in [6.07, 6.45) is 5.06. The fraction of sp³-hybridized carbons (Fsp3) is 1.00. The first-order chi connectivity index (χ1) is 7.31. The van der Waals surface area contributed by atoms with Crippen molar-refractivity contribution < 1.29 is 4.74 Å². The Morgan fingerprint density at radius 3 is 3.00 bits per heavy atom. The number of likely N-dealkylation sites (tertiary alicyclic amines) is 1. The third kappa shape index (κ3) is 2.71. The molecule has 0 amide bonds. The van der Waals surface area contributed by atoms with E-state index in [2.05, 4.69) is 11.8 Å². The first-order valence-electron chi connectivity index (χ1n) is 6.38. The van der Waals surface area contributed by atoms with Gasteiger partial charge in [0.05, 0.1) is 6.61 Å². The van der Waals surface area contributed by atoms with Crippen LogP contribution in [0.25, 0.3) is 0 Å². The van der Waals surface area contributed by atoms with Gasteiger partial charge in [-0.3, -0.25) is 4.90 Å². The van der Waals surface area contributed by atoms with Gasteiger partial charge in [-0.1, -0.05) is 13.3 Å². The standard InChI is InChI=1S/C12H24N2O/c1-2-10-4-3-6-14(8-10)12-9-15-7-5-11(12)13/h10-12H,2-9,13H2,1H3. The summed E-state index contributed by atoms with van der Waals surface area (Å²) in [5.41, 5.74) is 6.18. The van der Waals surface area contributed by atoms with Crippen LogP contribution < -0.4 is 5.73 Å². The van der Waals surface area contributed by atoms with Crippen LogP contribution in [0, 0.1) is 5.92 Å². The predicted octanol–water partition coefficient (Wildman–Crippen LogP) is 1.22. The maximum absolute atomic E-state index is 6.18. The second-order valence-electron chi connectivity index (χ2n) is 5.01. The second-order valence-corrected chi connectivity index (χ2v) is 5.01. The highest BCUT2D eigenvalue weighted by molar-refractivity contribution is 4.87. The lowest BCUT2D eigenvalue weighted by molar-refractivity contribution is -0.00972. The fourth-order valence-electron chi connectivity index (χ4n) is 2.85. The maximum atomic E-state index is 6.18. The second kappa shape index (κ2) is 5.28. The molecule has 15 heavy (non-hydrogen) atoms. The third-order valence-corrected chi connectivity index (χ3v) is 3.98. The lowest BCUT2D eigenvalue weighted by Crippen LogP contribution is -2.56. The van der Waals surface area contributed by atoms with Crippen LogP contribution in [0.3, 0.4) is 0 Å². The lowest BCUT2D eigenvalue weighted by Gasteiger charge is -2.42. The zero-order valence-electron chi connectivity index (χ0n) is 9.82. The Morgan fingerprint density at radius 1 is 1.40 bits per heavy atom. The van der Waals surface area contributed by atoms with Crippen molar-refractivity contribution >= 4 is 0 Å². The molecule has 3 unspecified atom stereocenters. The van der Waals surface area contributed by atoms with E-state index in [4.69, 9.17) is 10.5 Å². The SMILES string of the molecule is CCC1CCCN(C2COCCC2N)C1. The van der Waals surface area contributed by atoms with Crippen molar-refractivity contribution in [1.29, 1.82) is 0 Å². The molecule has 0 saturated carbocycles. The summed E-state index contributed by atoms with van der Waals surface area (Å²) in [5.74, 6) is 0.882. The zero-order chi connectivity index (χ0) is 10.7. The van der Waals surface area contributed by atoms with Crippen LogP contribution in [0.1, 0.15) is 32.6 Å². The lowest BCUT2D eigenvalue weighted by atomic mass is 9.92. The molecular formula is C12H24N2O. The van der Waals surface area contributed by atoms with E-state index in [1.807, 2.05) is 0 Å². The molecule has 2 rings (SSSR count). The van der Waals surface area contributed by atoms with Gasteiger partial charge < -0.3 is 10.5 Å². The summed E-state index contributed by atoms with van der Waals surface area (Å²) in [7, 11) is 0. The molecule has 0 aromatic rings. The van der Waals surface area contributed by atoms with Gasteiger partial charge in [-0.25, -0.2) is 0 Å². The molecule has 2 aliphatic rings. The van der Waals surface area contributed by atoms with Crippen molar-refractivity contribution in [3.8, 4) is 0 Å². The molecule has 0 aliphatic carbocycles. The van der Waals surface area contributed by atoms with E-state index in [9.17, 15) is 0 Å². The van der Waals surface area contributed by atoms with Crippen LogP contribution in [-0.2, 0) is 4.74 Å². The molecule has 2 N–H and O–H groups in total. The number of rotatable bonds is 2. The predicted molar refractivity (Wildman–Crippen MR) is 61.8 cm³/mol. The van der Waals surface area contributed by atoms with Crippen molar-refractivity contribution in [1.82, 2.24) is 4.90 Å². The van der Waals surface area contributed by atoms with Crippen LogP contribution in [0.15, 0.2) is 0 Å². The molecule has 2 saturated heterocycles. The summed E-state index contributed by atoms with van der Waals surface area (Å²) in [6.45, 7) is 6.45. The molecule has 0 bridgehead atoms. The highest BCUT2D eigenvalue weighted by Crippen LogP contribution is 2.23. The number of ether oxygens (including phenoxy) is 1. The average molecular weight is 212 g/mol. The molecule has 0 radical (unpaired) electrons. The smallest absolute Gasteiger partial charge is 0.0636 e. The Balaban J connectivity index is 1.90. The number of piperidine rings is 1. The first-order valence-corrected chi connectivity index (χ1v) is 6.38. The maximum Gasteiger partial charge on any atom is 0.0636 e. The Morgan fingerprint density at radius 2 is 2.27 bits per heavy atom. The minimum absolute atomic E-state index is 0.328. The molecular weight excluding hydrogens is 188 g/mol. The molecule has 88 valence electrons. The Labute approximate surface area is 93.0 Å². The molecule has 2 heterocycles. The van der Waals surface area contributed by atoms with E-state index < -0.39 is 0 Å². The average Bonchev–Trinajstić information content (AvgIpc) is 2.30. The molecule has 3 atom stereocenters. The van der Waals surface area contributed by atoms with E-state index in [1.54, 1.807) is 0 Å². The highest BCUT2D eigenvalue weighted by atomic mass is 16.5. The molecule has 2 fully saturated rings. The molecule has 3 nitrogen and oxygen atoms in total. The van der Waals surface area contributed by atoms with Crippen molar-refractivity contribution in [3.05, 3.63) is 0 Å². The van der Waals surface area contributed by atoms with Crippen LogP contribution >= 0.6 is 0 Å². The monoisotopic (exact) mass is 212 g/mol. The van der Waals surface area contributed by atoms with Crippen molar-refractivity contribution in [3.63, 3.8) is 0 Å². The fourth-order valence-corrected chi connectivity index (χ4v) is 2.85. The van der Waals surface area contributed by atoms with Crippen LogP contribution in [-0.4, -0.2) is 43.3 Å². The largest absolute Gasteiger partial charge is 0.380 e. The van der Waals surface area contributed by atoms with Gasteiger partial charge in [0.25, 0.3) is 0 Å². The van der Waals surface area contributed by atoms with E-state index in [0.29, 0.717) is 12.1 Å². The Bertz CT molecular complexity index is 198. The summed E-state index contributed by atoms with van der Waals surface area (Å²) < 4.78 is 5.55. The van der Waals surface area contributed by atoms with Gasteiger partial charge in [-0.05, 0) is 31.7 Å². The molecule has 0 aromatic carbocycles. The Kier molecular flexibility index (Phi) is 4.00. The van der Waals surface area contributed by atoms with E-state index in [-0.39, 0.29) is 0 Å². The van der Waals surface area contributed by atoms with Crippen LogP contribution in [0.4, 0.5) is 0 Å². The topological polar surface area (TPSA) is 38.5 Å². The minimum atomic E-state index is 0.328. The molecule has 0 aromatic heterocycles. The number of hydrogen-bond donors (Lipinski definition) is 1. The zero-order valence-corrected chi connectivity index (χ0v) is 9.82. The van der Waals surface area contributed by atoms with Gasteiger partial charge in [-0.2, -0.15) is 0 Å². The van der Waals surface area contributed by atoms with Gasteiger partial charge in [0.1, 0.15) is 0 Å². The molecule has 0 spiro atoms. The number of hydrogen-bond acceptors (Lipinski definition) is 3.